The molecule has 1 aliphatic heterocycles. The fourth-order valence-corrected chi connectivity index (χ4v) is 1.69. The number of carbonyl (C=O) groups is 1. The smallest absolute Gasteiger partial charge is 0.289 e. The van der Waals surface area contributed by atoms with Crippen molar-refractivity contribution in [1.82, 2.24) is 4.90 Å². The number of ether oxygens (including phenoxy) is 1. The van der Waals surface area contributed by atoms with Crippen LogP contribution in [0.4, 0.5) is 0 Å². The predicted octanol–water partition coefficient (Wildman–Crippen LogP) is 0.253. The van der Waals surface area contributed by atoms with Crippen LogP contribution in [-0.4, -0.2) is 43.7 Å². The molecule has 0 aromatic carbocycles. The van der Waals surface area contributed by atoms with Gasteiger partial charge in [0.25, 0.3) is 5.91 Å². The number of hydrogen-bond donors (Lipinski definition) is 1. The fourth-order valence-electron chi connectivity index (χ4n) is 1.69. The van der Waals surface area contributed by atoms with Crippen molar-refractivity contribution in [3.05, 3.63) is 23.7 Å². The van der Waals surface area contributed by atoms with Gasteiger partial charge in [-0.1, -0.05) is 0 Å². The van der Waals surface area contributed by atoms with Gasteiger partial charge in [0.05, 0.1) is 13.2 Å². The lowest BCUT2D eigenvalue weighted by atomic mass is 10.3. The number of carbonyl (C=O) groups excluding carboxylic acids is 1. The first-order valence-corrected chi connectivity index (χ1v) is 5.47. The minimum absolute atomic E-state index is 0.0634. The number of furan rings is 1. The summed E-state index contributed by atoms with van der Waals surface area (Å²) in [7, 11) is 0. The van der Waals surface area contributed by atoms with Crippen molar-refractivity contribution >= 4 is 5.91 Å². The SMILES string of the molecule is NCCc1ccc(C(=O)N2CCOCC2)o1. The summed E-state index contributed by atoms with van der Waals surface area (Å²) in [6, 6.07) is 3.52. The van der Waals surface area contributed by atoms with Crippen LogP contribution in [0.1, 0.15) is 16.3 Å². The Morgan fingerprint density at radius 2 is 2.12 bits per heavy atom. The lowest BCUT2D eigenvalue weighted by molar-refractivity contribution is 0.0282. The second-order valence-corrected chi connectivity index (χ2v) is 3.71. The van der Waals surface area contributed by atoms with Crippen molar-refractivity contribution in [2.45, 2.75) is 6.42 Å². The Labute approximate surface area is 94.1 Å². The standard InChI is InChI=1S/C11H16N2O3/c12-4-3-9-1-2-10(16-9)11(14)13-5-7-15-8-6-13/h1-2H,3-8,12H2. The third-order valence-corrected chi connectivity index (χ3v) is 2.56. The Balaban J connectivity index is 2.01. The van der Waals surface area contributed by atoms with Crippen LogP contribution in [-0.2, 0) is 11.2 Å². The van der Waals surface area contributed by atoms with Crippen molar-refractivity contribution < 1.29 is 13.9 Å². The molecule has 5 heteroatoms. The van der Waals surface area contributed by atoms with E-state index < -0.39 is 0 Å². The van der Waals surface area contributed by atoms with Crippen molar-refractivity contribution in [2.24, 2.45) is 5.73 Å². The summed E-state index contributed by atoms with van der Waals surface area (Å²) in [6.07, 6.45) is 0.663. The van der Waals surface area contributed by atoms with Gasteiger partial charge in [0.1, 0.15) is 5.76 Å². The molecule has 0 saturated carbocycles. The average molecular weight is 224 g/mol. The zero-order valence-electron chi connectivity index (χ0n) is 9.15. The number of amides is 1. The highest BCUT2D eigenvalue weighted by atomic mass is 16.5. The van der Waals surface area contributed by atoms with Gasteiger partial charge in [0.15, 0.2) is 5.76 Å². The molecule has 5 nitrogen and oxygen atoms in total. The molecule has 1 aromatic rings. The highest BCUT2D eigenvalue weighted by molar-refractivity contribution is 5.91. The van der Waals surface area contributed by atoms with E-state index in [1.54, 1.807) is 17.0 Å². The molecule has 1 saturated heterocycles. The second kappa shape index (κ2) is 5.14. The molecule has 2 heterocycles. The predicted molar refractivity (Wildman–Crippen MR) is 58.2 cm³/mol. The minimum Gasteiger partial charge on any atom is -0.456 e. The summed E-state index contributed by atoms with van der Waals surface area (Å²) >= 11 is 0. The van der Waals surface area contributed by atoms with E-state index in [1.807, 2.05) is 0 Å². The van der Waals surface area contributed by atoms with Crippen LogP contribution in [0.2, 0.25) is 0 Å². The van der Waals surface area contributed by atoms with Crippen molar-refractivity contribution in [3.8, 4) is 0 Å². The van der Waals surface area contributed by atoms with Crippen LogP contribution in [0, 0.1) is 0 Å². The summed E-state index contributed by atoms with van der Waals surface area (Å²) in [6.45, 7) is 2.99. The van der Waals surface area contributed by atoms with Gasteiger partial charge < -0.3 is 19.8 Å². The van der Waals surface area contributed by atoms with E-state index in [0.29, 0.717) is 45.0 Å². The number of rotatable bonds is 3. The van der Waals surface area contributed by atoms with E-state index in [1.165, 1.54) is 0 Å². The van der Waals surface area contributed by atoms with Gasteiger partial charge in [-0.3, -0.25) is 4.79 Å². The molecule has 0 aliphatic carbocycles. The molecule has 2 rings (SSSR count). The molecule has 16 heavy (non-hydrogen) atoms. The Bertz CT molecular complexity index is 356. The number of nitrogens with two attached hydrogens (primary N) is 1. The van der Waals surface area contributed by atoms with Crippen molar-refractivity contribution in [1.29, 1.82) is 0 Å². The van der Waals surface area contributed by atoms with E-state index in [-0.39, 0.29) is 5.91 Å². The Morgan fingerprint density at radius 3 is 2.81 bits per heavy atom. The molecule has 1 fully saturated rings. The molecule has 0 unspecified atom stereocenters. The summed E-state index contributed by atoms with van der Waals surface area (Å²) in [4.78, 5) is 13.7. The molecule has 2 N–H and O–H groups in total. The molecule has 1 amide bonds. The fraction of sp³-hybridized carbons (Fsp3) is 0.545. The lowest BCUT2D eigenvalue weighted by Gasteiger charge is -2.25. The normalized spacial score (nSPS) is 16.4. The van der Waals surface area contributed by atoms with Crippen LogP contribution < -0.4 is 5.73 Å². The Morgan fingerprint density at radius 1 is 1.38 bits per heavy atom. The monoisotopic (exact) mass is 224 g/mol. The van der Waals surface area contributed by atoms with E-state index in [2.05, 4.69) is 0 Å². The highest BCUT2D eigenvalue weighted by Gasteiger charge is 2.21. The lowest BCUT2D eigenvalue weighted by Crippen LogP contribution is -2.40. The Hall–Kier alpha value is -1.33. The molecule has 1 aliphatic rings. The van der Waals surface area contributed by atoms with Gasteiger partial charge in [0.2, 0.25) is 0 Å². The molecule has 1 aromatic heterocycles. The van der Waals surface area contributed by atoms with Crippen LogP contribution in [0.3, 0.4) is 0 Å². The van der Waals surface area contributed by atoms with Gasteiger partial charge in [0, 0.05) is 19.5 Å². The van der Waals surface area contributed by atoms with Crippen LogP contribution in [0.15, 0.2) is 16.5 Å². The molecule has 0 radical (unpaired) electrons. The van der Waals surface area contributed by atoms with Gasteiger partial charge in [-0.05, 0) is 18.7 Å². The summed E-state index contributed by atoms with van der Waals surface area (Å²) < 4.78 is 10.6. The molecule has 0 bridgehead atoms. The summed E-state index contributed by atoms with van der Waals surface area (Å²) in [5.41, 5.74) is 5.42. The van der Waals surface area contributed by atoms with Crippen molar-refractivity contribution in [2.75, 3.05) is 32.8 Å². The van der Waals surface area contributed by atoms with E-state index in [4.69, 9.17) is 14.9 Å². The average Bonchev–Trinajstić information content (AvgIpc) is 2.78. The number of morpholine rings is 1. The van der Waals surface area contributed by atoms with Gasteiger partial charge in [-0.2, -0.15) is 0 Å². The third kappa shape index (κ3) is 2.43. The zero-order valence-corrected chi connectivity index (χ0v) is 9.15. The third-order valence-electron chi connectivity index (χ3n) is 2.56. The van der Waals surface area contributed by atoms with Gasteiger partial charge in [-0.15, -0.1) is 0 Å². The largest absolute Gasteiger partial charge is 0.456 e. The molecule has 0 atom stereocenters. The molecule has 0 spiro atoms. The number of nitrogens with zero attached hydrogens (tertiary/aromatic N) is 1. The number of hydrogen-bond acceptors (Lipinski definition) is 4. The topological polar surface area (TPSA) is 68.7 Å². The Kier molecular flexibility index (Phi) is 3.58. The first-order chi connectivity index (χ1) is 7.81. The zero-order chi connectivity index (χ0) is 11.4. The molecular formula is C11H16N2O3. The van der Waals surface area contributed by atoms with Gasteiger partial charge in [-0.25, -0.2) is 0 Å². The maximum atomic E-state index is 12.0. The molecular weight excluding hydrogens is 208 g/mol. The van der Waals surface area contributed by atoms with Crippen LogP contribution in [0.25, 0.3) is 0 Å². The molecule has 88 valence electrons. The van der Waals surface area contributed by atoms with Crippen molar-refractivity contribution in [3.63, 3.8) is 0 Å². The summed E-state index contributed by atoms with van der Waals surface area (Å²) in [5, 5.41) is 0. The second-order valence-electron chi connectivity index (χ2n) is 3.71. The summed E-state index contributed by atoms with van der Waals surface area (Å²) in [5.74, 6) is 1.09. The quantitative estimate of drug-likeness (QED) is 0.799. The minimum atomic E-state index is -0.0634. The van der Waals surface area contributed by atoms with E-state index in [9.17, 15) is 4.79 Å². The van der Waals surface area contributed by atoms with E-state index in [0.717, 1.165) is 5.76 Å². The van der Waals surface area contributed by atoms with Gasteiger partial charge >= 0.3 is 0 Å². The van der Waals surface area contributed by atoms with Crippen LogP contribution in [0.5, 0.6) is 0 Å². The van der Waals surface area contributed by atoms with Crippen LogP contribution >= 0.6 is 0 Å². The highest BCUT2D eigenvalue weighted by Crippen LogP contribution is 2.12. The van der Waals surface area contributed by atoms with E-state index >= 15 is 0 Å². The maximum absolute atomic E-state index is 12.0. The first kappa shape index (κ1) is 11.2. The maximum Gasteiger partial charge on any atom is 0.289 e. The first-order valence-electron chi connectivity index (χ1n) is 5.47.